The largest absolute Gasteiger partial charge is 0.324 e. The first-order valence-corrected chi connectivity index (χ1v) is 6.52. The maximum absolute atomic E-state index is 6.10. The summed E-state index contributed by atoms with van der Waals surface area (Å²) < 4.78 is 1.04. The lowest BCUT2D eigenvalue weighted by Crippen LogP contribution is -2.10. The molecule has 0 aliphatic heterocycles. The molecule has 0 radical (unpaired) electrons. The van der Waals surface area contributed by atoms with Gasteiger partial charge in [-0.2, -0.15) is 0 Å². The normalized spacial score (nSPS) is 12.0. The number of hydrogen-bond donors (Lipinski definition) is 1. The predicted octanol–water partition coefficient (Wildman–Crippen LogP) is 5.10. The van der Waals surface area contributed by atoms with E-state index in [0.717, 1.165) is 21.5 Å². The third-order valence-corrected chi connectivity index (χ3v) is 3.31. The van der Waals surface area contributed by atoms with Gasteiger partial charge in [0.1, 0.15) is 0 Å². The van der Waals surface area contributed by atoms with Crippen molar-refractivity contribution in [2.24, 2.45) is 5.73 Å². The molecule has 0 saturated carbocycles. The third kappa shape index (κ3) is 5.05. The molecule has 0 amide bonds. The highest BCUT2D eigenvalue weighted by Gasteiger charge is 2.09. The molecule has 2 N–H and O–H groups in total. The van der Waals surface area contributed by atoms with Crippen molar-refractivity contribution in [2.45, 2.75) is 38.6 Å². The Morgan fingerprint density at radius 3 is 2.69 bits per heavy atom. The summed E-state index contributed by atoms with van der Waals surface area (Å²) in [6.07, 6.45) is 4.63. The molecular weight excluding hydrogens is 309 g/mol. The van der Waals surface area contributed by atoms with Gasteiger partial charge in [-0.15, -0.1) is 12.4 Å². The SMILES string of the molecule is CCCCC[C@H](N)c1cc(Br)ccc1Cl.Cl. The Bertz CT molecular complexity index is 318. The van der Waals surface area contributed by atoms with Crippen LogP contribution in [-0.4, -0.2) is 0 Å². The second-order valence-electron chi connectivity index (χ2n) is 3.77. The minimum absolute atomic E-state index is 0. The van der Waals surface area contributed by atoms with E-state index in [9.17, 15) is 0 Å². The molecule has 0 aliphatic carbocycles. The average Bonchev–Trinajstić information content (AvgIpc) is 2.22. The number of unbranched alkanes of at least 4 members (excludes halogenated alkanes) is 2. The van der Waals surface area contributed by atoms with Crippen molar-refractivity contribution >= 4 is 39.9 Å². The summed E-state index contributed by atoms with van der Waals surface area (Å²) in [5, 5.41) is 0.766. The van der Waals surface area contributed by atoms with E-state index in [2.05, 4.69) is 22.9 Å². The first-order chi connectivity index (χ1) is 7.15. The van der Waals surface area contributed by atoms with Gasteiger partial charge < -0.3 is 5.73 Å². The molecule has 0 aliphatic rings. The van der Waals surface area contributed by atoms with Crippen LogP contribution >= 0.6 is 39.9 Å². The molecule has 92 valence electrons. The zero-order valence-electron chi connectivity index (χ0n) is 9.38. The summed E-state index contributed by atoms with van der Waals surface area (Å²) in [5.41, 5.74) is 7.14. The minimum atomic E-state index is 0. The number of rotatable bonds is 5. The molecular formula is C12H18BrCl2N. The fourth-order valence-corrected chi connectivity index (χ4v) is 2.20. The van der Waals surface area contributed by atoms with Crippen molar-refractivity contribution in [2.75, 3.05) is 0 Å². The summed E-state index contributed by atoms with van der Waals surface area (Å²) in [6.45, 7) is 2.19. The van der Waals surface area contributed by atoms with Crippen LogP contribution in [0.5, 0.6) is 0 Å². The van der Waals surface area contributed by atoms with Crippen LogP contribution in [0.1, 0.15) is 44.2 Å². The molecule has 0 heterocycles. The Labute approximate surface area is 117 Å². The summed E-state index contributed by atoms with van der Waals surface area (Å²) >= 11 is 9.54. The smallest absolute Gasteiger partial charge is 0.0454 e. The van der Waals surface area contributed by atoms with Crippen LogP contribution in [0.4, 0.5) is 0 Å². The molecule has 0 fully saturated rings. The van der Waals surface area contributed by atoms with Crippen molar-refractivity contribution < 1.29 is 0 Å². The van der Waals surface area contributed by atoms with E-state index in [4.69, 9.17) is 17.3 Å². The summed E-state index contributed by atoms with van der Waals surface area (Å²) in [6, 6.07) is 5.89. The number of nitrogens with two attached hydrogens (primary N) is 1. The predicted molar refractivity (Wildman–Crippen MR) is 77.5 cm³/mol. The van der Waals surface area contributed by atoms with Gasteiger partial charge in [0, 0.05) is 15.5 Å². The molecule has 0 spiro atoms. The van der Waals surface area contributed by atoms with Gasteiger partial charge >= 0.3 is 0 Å². The zero-order chi connectivity index (χ0) is 11.3. The van der Waals surface area contributed by atoms with E-state index < -0.39 is 0 Å². The Hall–Kier alpha value is 0.240. The highest BCUT2D eigenvalue weighted by molar-refractivity contribution is 9.10. The number of halogens is 3. The van der Waals surface area contributed by atoms with Gasteiger partial charge in [-0.25, -0.2) is 0 Å². The van der Waals surface area contributed by atoms with Crippen molar-refractivity contribution in [1.82, 2.24) is 0 Å². The van der Waals surface area contributed by atoms with E-state index in [1.54, 1.807) is 0 Å². The molecule has 0 aromatic heterocycles. The third-order valence-electron chi connectivity index (χ3n) is 2.48. The van der Waals surface area contributed by atoms with Crippen LogP contribution in [0.25, 0.3) is 0 Å². The maximum Gasteiger partial charge on any atom is 0.0454 e. The quantitative estimate of drug-likeness (QED) is 0.748. The Kier molecular flexibility index (Phi) is 8.47. The van der Waals surface area contributed by atoms with Gasteiger partial charge in [-0.05, 0) is 30.2 Å². The van der Waals surface area contributed by atoms with Crippen LogP contribution < -0.4 is 5.73 Å². The second-order valence-corrected chi connectivity index (χ2v) is 5.09. The highest BCUT2D eigenvalue weighted by Crippen LogP contribution is 2.27. The lowest BCUT2D eigenvalue weighted by atomic mass is 10.0. The second kappa shape index (κ2) is 8.35. The van der Waals surface area contributed by atoms with Gasteiger partial charge in [0.15, 0.2) is 0 Å². The Morgan fingerprint density at radius 2 is 2.06 bits per heavy atom. The number of benzene rings is 1. The van der Waals surface area contributed by atoms with Gasteiger partial charge in [0.2, 0.25) is 0 Å². The molecule has 1 rings (SSSR count). The van der Waals surface area contributed by atoms with Crippen LogP contribution in [0.2, 0.25) is 5.02 Å². The maximum atomic E-state index is 6.10. The van der Waals surface area contributed by atoms with E-state index in [0.29, 0.717) is 0 Å². The van der Waals surface area contributed by atoms with Crippen molar-refractivity contribution in [3.8, 4) is 0 Å². The molecule has 0 saturated heterocycles. The summed E-state index contributed by atoms with van der Waals surface area (Å²) in [5.74, 6) is 0. The van der Waals surface area contributed by atoms with Crippen molar-refractivity contribution in [1.29, 1.82) is 0 Å². The molecule has 16 heavy (non-hydrogen) atoms. The standard InChI is InChI=1S/C12H17BrClN.ClH/c1-2-3-4-5-12(15)10-8-9(13)6-7-11(10)14;/h6-8,12H,2-5,15H2,1H3;1H/t12-;/m0./s1. The van der Waals surface area contributed by atoms with Gasteiger partial charge in [-0.3, -0.25) is 0 Å². The van der Waals surface area contributed by atoms with E-state index in [1.165, 1.54) is 19.3 Å². The fourth-order valence-electron chi connectivity index (χ4n) is 1.57. The zero-order valence-corrected chi connectivity index (χ0v) is 12.5. The van der Waals surface area contributed by atoms with Gasteiger partial charge in [0.25, 0.3) is 0 Å². The van der Waals surface area contributed by atoms with E-state index in [1.807, 2.05) is 18.2 Å². The summed E-state index contributed by atoms with van der Waals surface area (Å²) in [4.78, 5) is 0. The monoisotopic (exact) mass is 325 g/mol. The van der Waals surface area contributed by atoms with Crippen molar-refractivity contribution in [3.05, 3.63) is 33.3 Å². The molecule has 0 unspecified atom stereocenters. The number of hydrogen-bond acceptors (Lipinski definition) is 1. The first kappa shape index (κ1) is 16.2. The average molecular weight is 327 g/mol. The highest BCUT2D eigenvalue weighted by atomic mass is 79.9. The van der Waals surface area contributed by atoms with Gasteiger partial charge in [0.05, 0.1) is 0 Å². The van der Waals surface area contributed by atoms with Crippen LogP contribution in [0, 0.1) is 0 Å². The topological polar surface area (TPSA) is 26.0 Å². The molecule has 1 aromatic carbocycles. The van der Waals surface area contributed by atoms with Crippen molar-refractivity contribution in [3.63, 3.8) is 0 Å². The fraction of sp³-hybridized carbons (Fsp3) is 0.500. The Morgan fingerprint density at radius 1 is 1.38 bits per heavy atom. The molecule has 1 atom stereocenters. The summed E-state index contributed by atoms with van der Waals surface area (Å²) in [7, 11) is 0. The molecule has 4 heteroatoms. The first-order valence-electron chi connectivity index (χ1n) is 5.35. The lowest BCUT2D eigenvalue weighted by molar-refractivity contribution is 0.581. The van der Waals surface area contributed by atoms with Crippen LogP contribution in [0.3, 0.4) is 0 Å². The minimum Gasteiger partial charge on any atom is -0.324 e. The lowest BCUT2D eigenvalue weighted by Gasteiger charge is -2.13. The Balaban J connectivity index is 0.00000225. The molecule has 1 aromatic rings. The van der Waals surface area contributed by atoms with E-state index in [-0.39, 0.29) is 18.4 Å². The van der Waals surface area contributed by atoms with E-state index >= 15 is 0 Å². The molecule has 0 bridgehead atoms. The van der Waals surface area contributed by atoms with Gasteiger partial charge in [-0.1, -0.05) is 53.7 Å². The van der Waals surface area contributed by atoms with Crippen LogP contribution in [0.15, 0.2) is 22.7 Å². The molecule has 1 nitrogen and oxygen atoms in total. The van der Waals surface area contributed by atoms with Crippen LogP contribution in [-0.2, 0) is 0 Å².